The number of carbonyl (C=O) groups is 2. The fourth-order valence-corrected chi connectivity index (χ4v) is 4.54. The highest BCUT2D eigenvalue weighted by Crippen LogP contribution is 2.34. The van der Waals surface area contributed by atoms with Crippen molar-refractivity contribution in [2.45, 2.75) is 25.3 Å². The number of benzene rings is 1. The number of likely N-dealkylation sites (tertiary alicyclic amines) is 1. The number of pyridine rings is 1. The Hall–Kier alpha value is -3.26. The van der Waals surface area contributed by atoms with Gasteiger partial charge in [-0.25, -0.2) is 14.8 Å². The molecule has 4 rings (SSSR count). The Kier molecular flexibility index (Phi) is 6.57. The van der Waals surface area contributed by atoms with E-state index in [-0.39, 0.29) is 24.2 Å². The fourth-order valence-electron chi connectivity index (χ4n) is 3.59. The third kappa shape index (κ3) is 4.91. The Morgan fingerprint density at radius 1 is 1.06 bits per heavy atom. The molecular weight excluding hydrogens is 414 g/mol. The van der Waals surface area contributed by atoms with Crippen LogP contribution in [0.2, 0.25) is 0 Å². The summed E-state index contributed by atoms with van der Waals surface area (Å²) in [5.74, 6) is 0.147. The van der Waals surface area contributed by atoms with Gasteiger partial charge in [0.15, 0.2) is 6.61 Å². The number of esters is 1. The average Bonchev–Trinajstić information content (AvgIpc) is 3.33. The topological polar surface area (TPSA) is 81.6 Å². The molecule has 0 saturated carbocycles. The molecule has 0 unspecified atom stereocenters. The lowest BCUT2D eigenvalue weighted by molar-refractivity contribution is -0.137. The predicted octanol–water partition coefficient (Wildman–Crippen LogP) is 4.12. The minimum atomic E-state index is -0.486. The molecule has 1 aliphatic rings. The number of hydrogen-bond acceptors (Lipinski definition) is 7. The maximum atomic E-state index is 12.9. The molecule has 0 aliphatic carbocycles. The van der Waals surface area contributed by atoms with E-state index < -0.39 is 5.97 Å². The minimum absolute atomic E-state index is 0.00146. The van der Waals surface area contributed by atoms with Gasteiger partial charge in [-0.1, -0.05) is 24.3 Å². The van der Waals surface area contributed by atoms with Gasteiger partial charge in [0, 0.05) is 11.9 Å². The first-order valence-electron chi connectivity index (χ1n) is 10.1. The standard InChI is InChI=1S/C23H23N3O4S/c1-29-23(28)18-11-7-10-17(24-18)19-15-31-22(25-19)20-12-5-6-13-26(20)21(27)14-30-16-8-3-2-4-9-16/h2-4,7-11,15,20H,5-6,12-14H2,1H3/t20-/m1/s1. The molecule has 1 aromatic carbocycles. The van der Waals surface area contributed by atoms with Crippen LogP contribution in [-0.4, -0.2) is 47.0 Å². The molecule has 2 aromatic heterocycles. The number of ether oxygens (including phenoxy) is 2. The van der Waals surface area contributed by atoms with E-state index in [9.17, 15) is 9.59 Å². The maximum absolute atomic E-state index is 12.9. The van der Waals surface area contributed by atoms with E-state index in [1.807, 2.05) is 46.7 Å². The number of methoxy groups -OCH3 is 1. The Morgan fingerprint density at radius 3 is 2.71 bits per heavy atom. The highest BCUT2D eigenvalue weighted by atomic mass is 32.1. The highest BCUT2D eigenvalue weighted by Gasteiger charge is 2.30. The van der Waals surface area contributed by atoms with E-state index in [2.05, 4.69) is 4.98 Å². The molecule has 1 fully saturated rings. The Balaban J connectivity index is 1.49. The average molecular weight is 438 g/mol. The molecule has 1 saturated heterocycles. The van der Waals surface area contributed by atoms with Gasteiger partial charge < -0.3 is 14.4 Å². The quantitative estimate of drug-likeness (QED) is 0.540. The van der Waals surface area contributed by atoms with Crippen molar-refractivity contribution in [1.82, 2.24) is 14.9 Å². The minimum Gasteiger partial charge on any atom is -0.484 e. The van der Waals surface area contributed by atoms with Gasteiger partial charge in [0.05, 0.1) is 24.5 Å². The first-order chi connectivity index (χ1) is 15.2. The van der Waals surface area contributed by atoms with Crippen molar-refractivity contribution in [3.63, 3.8) is 0 Å². The normalized spacial score (nSPS) is 16.0. The number of aromatic nitrogens is 2. The van der Waals surface area contributed by atoms with Crippen molar-refractivity contribution < 1.29 is 19.1 Å². The van der Waals surface area contributed by atoms with Crippen LogP contribution in [-0.2, 0) is 9.53 Å². The van der Waals surface area contributed by atoms with Gasteiger partial charge in [-0.3, -0.25) is 4.79 Å². The summed E-state index contributed by atoms with van der Waals surface area (Å²) in [4.78, 5) is 35.6. The summed E-state index contributed by atoms with van der Waals surface area (Å²) < 4.78 is 10.4. The lowest BCUT2D eigenvalue weighted by Gasteiger charge is -2.34. The third-order valence-electron chi connectivity index (χ3n) is 5.14. The molecule has 8 heteroatoms. The number of carbonyl (C=O) groups excluding carboxylic acids is 2. The third-order valence-corrected chi connectivity index (χ3v) is 6.09. The number of para-hydroxylation sites is 1. The summed E-state index contributed by atoms with van der Waals surface area (Å²) in [6.45, 7) is 0.689. The smallest absolute Gasteiger partial charge is 0.356 e. The summed E-state index contributed by atoms with van der Waals surface area (Å²) in [6.07, 6.45) is 2.87. The number of nitrogens with zero attached hydrogens (tertiary/aromatic N) is 3. The number of amides is 1. The molecule has 1 aliphatic heterocycles. The summed E-state index contributed by atoms with van der Waals surface area (Å²) in [7, 11) is 1.33. The molecular formula is C23H23N3O4S. The number of rotatable bonds is 6. The molecule has 0 N–H and O–H groups in total. The zero-order chi connectivity index (χ0) is 21.6. The SMILES string of the molecule is COC(=O)c1cccc(-c2csc([C@H]3CCCCN3C(=O)COc3ccccc3)n2)n1. The van der Waals surface area contributed by atoms with Crippen molar-refractivity contribution in [3.05, 3.63) is 64.6 Å². The van der Waals surface area contributed by atoms with Gasteiger partial charge in [0.2, 0.25) is 0 Å². The monoisotopic (exact) mass is 437 g/mol. The molecule has 31 heavy (non-hydrogen) atoms. The van der Waals surface area contributed by atoms with E-state index in [1.165, 1.54) is 18.4 Å². The second kappa shape index (κ2) is 9.70. The summed E-state index contributed by atoms with van der Waals surface area (Å²) >= 11 is 1.50. The zero-order valence-electron chi connectivity index (χ0n) is 17.2. The Morgan fingerprint density at radius 2 is 1.90 bits per heavy atom. The van der Waals surface area contributed by atoms with Crippen LogP contribution < -0.4 is 4.74 Å². The molecule has 7 nitrogen and oxygen atoms in total. The van der Waals surface area contributed by atoms with Crippen molar-refractivity contribution >= 4 is 23.2 Å². The largest absolute Gasteiger partial charge is 0.484 e. The van der Waals surface area contributed by atoms with E-state index in [0.29, 0.717) is 23.7 Å². The van der Waals surface area contributed by atoms with Crippen molar-refractivity contribution in [3.8, 4) is 17.1 Å². The van der Waals surface area contributed by atoms with E-state index in [1.54, 1.807) is 12.1 Å². The highest BCUT2D eigenvalue weighted by molar-refractivity contribution is 7.10. The molecule has 160 valence electrons. The second-order valence-corrected chi connectivity index (χ2v) is 8.06. The van der Waals surface area contributed by atoms with Crippen molar-refractivity contribution in [2.75, 3.05) is 20.3 Å². The molecule has 1 amide bonds. The first-order valence-corrected chi connectivity index (χ1v) is 11.0. The van der Waals surface area contributed by atoms with Gasteiger partial charge in [-0.15, -0.1) is 11.3 Å². The lowest BCUT2D eigenvalue weighted by atomic mass is 10.0. The van der Waals surface area contributed by atoms with Crippen LogP contribution in [0.4, 0.5) is 0 Å². The summed E-state index contributed by atoms with van der Waals surface area (Å²) in [5, 5.41) is 2.78. The van der Waals surface area contributed by atoms with Gasteiger partial charge in [0.25, 0.3) is 5.91 Å². The second-order valence-electron chi connectivity index (χ2n) is 7.17. The number of thiazole rings is 1. The van der Waals surface area contributed by atoms with Crippen molar-refractivity contribution in [2.24, 2.45) is 0 Å². The van der Waals surface area contributed by atoms with Gasteiger partial charge in [-0.2, -0.15) is 0 Å². The van der Waals surface area contributed by atoms with Crippen molar-refractivity contribution in [1.29, 1.82) is 0 Å². The van der Waals surface area contributed by atoms with Gasteiger partial charge in [-0.05, 0) is 43.5 Å². The molecule has 3 aromatic rings. The molecule has 0 bridgehead atoms. The Labute approximate surface area is 184 Å². The van der Waals surface area contributed by atoms with Crippen LogP contribution in [0.5, 0.6) is 5.75 Å². The number of hydrogen-bond donors (Lipinski definition) is 0. The predicted molar refractivity (Wildman–Crippen MR) is 117 cm³/mol. The number of piperidine rings is 1. The fraction of sp³-hybridized carbons (Fsp3) is 0.304. The summed E-state index contributed by atoms with van der Waals surface area (Å²) in [6, 6.07) is 14.4. The first kappa shape index (κ1) is 21.0. The van der Waals surface area contributed by atoms with Gasteiger partial charge in [0.1, 0.15) is 16.5 Å². The maximum Gasteiger partial charge on any atom is 0.356 e. The van der Waals surface area contributed by atoms with Crippen LogP contribution in [0.25, 0.3) is 11.4 Å². The molecule has 0 radical (unpaired) electrons. The van der Waals surface area contributed by atoms with Crippen LogP contribution in [0.3, 0.4) is 0 Å². The molecule has 3 heterocycles. The lowest BCUT2D eigenvalue weighted by Crippen LogP contribution is -2.41. The Bertz CT molecular complexity index is 1050. The summed E-state index contributed by atoms with van der Waals surface area (Å²) in [5.41, 5.74) is 1.53. The van der Waals surface area contributed by atoms with Gasteiger partial charge >= 0.3 is 5.97 Å². The van der Waals surface area contributed by atoms with E-state index >= 15 is 0 Å². The molecule has 0 spiro atoms. The zero-order valence-corrected chi connectivity index (χ0v) is 18.0. The van der Waals surface area contributed by atoms with Crippen LogP contribution >= 0.6 is 11.3 Å². The van der Waals surface area contributed by atoms with Crippen LogP contribution in [0.15, 0.2) is 53.9 Å². The van der Waals surface area contributed by atoms with Crippen LogP contribution in [0, 0.1) is 0 Å². The van der Waals surface area contributed by atoms with E-state index in [0.717, 1.165) is 24.3 Å². The van der Waals surface area contributed by atoms with E-state index in [4.69, 9.17) is 14.5 Å². The molecule has 1 atom stereocenters. The van der Waals surface area contributed by atoms with Crippen LogP contribution in [0.1, 0.15) is 40.8 Å².